The van der Waals surface area contributed by atoms with Crippen LogP contribution in [0.15, 0.2) is 27.4 Å². The Morgan fingerprint density at radius 1 is 1.38 bits per heavy atom. The molecule has 1 atom stereocenters. The first kappa shape index (κ1) is 15.0. The van der Waals surface area contributed by atoms with Gasteiger partial charge in [0.1, 0.15) is 6.54 Å². The summed E-state index contributed by atoms with van der Waals surface area (Å²) in [5.74, 6) is -1.26. The van der Waals surface area contributed by atoms with Crippen LogP contribution in [0.1, 0.15) is 37.6 Å². The fraction of sp³-hybridized carbons (Fsp3) is 0.400. The number of rotatable bonds is 5. The number of hydrogen-bond acceptors (Lipinski definition) is 5. The van der Waals surface area contributed by atoms with Crippen molar-refractivity contribution in [1.82, 2.24) is 4.57 Å². The molecule has 0 fully saturated rings. The van der Waals surface area contributed by atoms with Crippen LogP contribution in [0.5, 0.6) is 0 Å². The summed E-state index contributed by atoms with van der Waals surface area (Å²) in [5.41, 5.74) is 1.20. The van der Waals surface area contributed by atoms with Crippen molar-refractivity contribution < 1.29 is 18.7 Å². The highest BCUT2D eigenvalue weighted by molar-refractivity contribution is 5.97. The number of benzene rings is 1. The van der Waals surface area contributed by atoms with Gasteiger partial charge < -0.3 is 9.15 Å². The van der Waals surface area contributed by atoms with Crippen LogP contribution in [-0.4, -0.2) is 22.4 Å². The Morgan fingerprint density at radius 2 is 2.10 bits per heavy atom. The summed E-state index contributed by atoms with van der Waals surface area (Å²) in [6.07, 6.45) is 0.505. The van der Waals surface area contributed by atoms with E-state index >= 15 is 0 Å². The summed E-state index contributed by atoms with van der Waals surface area (Å²) in [4.78, 5) is 34.9. The molecule has 112 valence electrons. The van der Waals surface area contributed by atoms with Gasteiger partial charge in [-0.3, -0.25) is 14.2 Å². The minimum Gasteiger partial charge on any atom is -0.461 e. The van der Waals surface area contributed by atoms with E-state index in [9.17, 15) is 14.4 Å². The first-order chi connectivity index (χ1) is 9.92. The maximum absolute atomic E-state index is 11.8. The number of nitrogens with zero attached hydrogens (tertiary/aromatic N) is 1. The van der Waals surface area contributed by atoms with E-state index in [4.69, 9.17) is 9.15 Å². The van der Waals surface area contributed by atoms with E-state index < -0.39 is 11.7 Å². The number of fused-ring (bicyclic) bond motifs is 1. The van der Waals surface area contributed by atoms with E-state index in [1.54, 1.807) is 19.1 Å². The van der Waals surface area contributed by atoms with Gasteiger partial charge in [0.25, 0.3) is 0 Å². The standard InChI is InChI=1S/C15H17NO5/c1-4-9(2)20-14(18)8-16-12-6-5-11(10(3)17)7-13(12)21-15(16)19/h5-7,9H,4,8H2,1-3H3. The van der Waals surface area contributed by atoms with E-state index in [2.05, 4.69) is 0 Å². The molecule has 0 bridgehead atoms. The summed E-state index contributed by atoms with van der Waals surface area (Å²) in [6.45, 7) is 4.91. The number of carbonyl (C=O) groups is 2. The molecule has 6 nitrogen and oxygen atoms in total. The first-order valence-electron chi connectivity index (χ1n) is 6.76. The van der Waals surface area contributed by atoms with Crippen molar-refractivity contribution in [3.63, 3.8) is 0 Å². The molecule has 0 amide bonds. The van der Waals surface area contributed by atoms with Gasteiger partial charge >= 0.3 is 11.7 Å². The number of carbonyl (C=O) groups excluding carboxylic acids is 2. The molecule has 1 aromatic heterocycles. The van der Waals surface area contributed by atoms with Crippen LogP contribution in [0.3, 0.4) is 0 Å². The lowest BCUT2D eigenvalue weighted by Crippen LogP contribution is -2.24. The van der Waals surface area contributed by atoms with Crippen molar-refractivity contribution >= 4 is 22.9 Å². The summed E-state index contributed by atoms with van der Waals surface area (Å²) in [6, 6.07) is 4.68. The van der Waals surface area contributed by atoms with Gasteiger partial charge in [-0.2, -0.15) is 0 Å². The minimum atomic E-state index is -0.646. The monoisotopic (exact) mass is 291 g/mol. The maximum Gasteiger partial charge on any atom is 0.420 e. The SMILES string of the molecule is CCC(C)OC(=O)Cn1c(=O)oc2cc(C(C)=O)ccc21. The highest BCUT2D eigenvalue weighted by Gasteiger charge is 2.16. The molecule has 2 aromatic rings. The quantitative estimate of drug-likeness (QED) is 0.623. The van der Waals surface area contributed by atoms with Crippen LogP contribution in [0.4, 0.5) is 0 Å². The molecule has 0 saturated carbocycles. The van der Waals surface area contributed by atoms with Crippen LogP contribution in [0, 0.1) is 0 Å². The molecule has 1 heterocycles. The van der Waals surface area contributed by atoms with Crippen molar-refractivity contribution in [2.45, 2.75) is 39.8 Å². The normalized spacial score (nSPS) is 12.3. The van der Waals surface area contributed by atoms with Gasteiger partial charge in [-0.1, -0.05) is 6.92 Å². The number of ether oxygens (including phenoxy) is 1. The van der Waals surface area contributed by atoms with Crippen molar-refractivity contribution in [2.75, 3.05) is 0 Å². The van der Waals surface area contributed by atoms with Gasteiger partial charge in [0, 0.05) is 5.56 Å². The number of hydrogen-bond donors (Lipinski definition) is 0. The number of esters is 1. The molecule has 0 spiro atoms. The van der Waals surface area contributed by atoms with E-state index in [-0.39, 0.29) is 24.0 Å². The van der Waals surface area contributed by atoms with Crippen molar-refractivity contribution in [2.24, 2.45) is 0 Å². The second-order valence-corrected chi connectivity index (χ2v) is 4.90. The highest BCUT2D eigenvalue weighted by Crippen LogP contribution is 2.16. The summed E-state index contributed by atoms with van der Waals surface area (Å²) < 4.78 is 11.4. The number of ketones is 1. The van der Waals surface area contributed by atoms with Crippen molar-refractivity contribution in [3.8, 4) is 0 Å². The predicted octanol–water partition coefficient (Wildman–Crippen LogP) is 2.14. The lowest BCUT2D eigenvalue weighted by Gasteiger charge is -2.10. The van der Waals surface area contributed by atoms with Gasteiger partial charge in [-0.05, 0) is 38.5 Å². The van der Waals surface area contributed by atoms with E-state index in [1.807, 2.05) is 6.92 Å². The van der Waals surface area contributed by atoms with Gasteiger partial charge in [-0.25, -0.2) is 4.79 Å². The zero-order valence-electron chi connectivity index (χ0n) is 12.2. The minimum absolute atomic E-state index is 0.122. The fourth-order valence-electron chi connectivity index (χ4n) is 1.91. The molecule has 6 heteroatoms. The second kappa shape index (κ2) is 5.95. The largest absolute Gasteiger partial charge is 0.461 e. The van der Waals surface area contributed by atoms with Crippen molar-refractivity contribution in [1.29, 1.82) is 0 Å². The third kappa shape index (κ3) is 3.21. The molecular weight excluding hydrogens is 274 g/mol. The average molecular weight is 291 g/mol. The molecule has 0 aliphatic heterocycles. The van der Waals surface area contributed by atoms with E-state index in [0.717, 1.165) is 0 Å². The molecule has 0 saturated heterocycles. The summed E-state index contributed by atoms with van der Waals surface area (Å²) >= 11 is 0. The summed E-state index contributed by atoms with van der Waals surface area (Å²) in [5, 5.41) is 0. The Hall–Kier alpha value is -2.37. The van der Waals surface area contributed by atoms with Crippen LogP contribution in [-0.2, 0) is 16.1 Å². The second-order valence-electron chi connectivity index (χ2n) is 4.90. The van der Waals surface area contributed by atoms with Crippen LogP contribution >= 0.6 is 0 Å². The van der Waals surface area contributed by atoms with Crippen molar-refractivity contribution in [3.05, 3.63) is 34.3 Å². The Balaban J connectivity index is 2.32. The van der Waals surface area contributed by atoms with Gasteiger partial charge in [-0.15, -0.1) is 0 Å². The molecule has 1 aromatic carbocycles. The molecule has 0 radical (unpaired) electrons. The molecule has 21 heavy (non-hydrogen) atoms. The third-order valence-corrected chi connectivity index (χ3v) is 3.27. The first-order valence-corrected chi connectivity index (χ1v) is 6.76. The predicted molar refractivity (Wildman–Crippen MR) is 76.3 cm³/mol. The highest BCUT2D eigenvalue weighted by atomic mass is 16.5. The molecule has 0 aliphatic carbocycles. The van der Waals surface area contributed by atoms with Crippen LogP contribution < -0.4 is 5.76 Å². The smallest absolute Gasteiger partial charge is 0.420 e. The average Bonchev–Trinajstić information content (AvgIpc) is 2.74. The molecule has 0 N–H and O–H groups in total. The zero-order chi connectivity index (χ0) is 15.6. The molecule has 1 unspecified atom stereocenters. The lowest BCUT2D eigenvalue weighted by atomic mass is 10.1. The Labute approximate surface area is 121 Å². The van der Waals surface area contributed by atoms with Gasteiger partial charge in [0.15, 0.2) is 11.4 Å². The van der Waals surface area contributed by atoms with Gasteiger partial charge in [0.05, 0.1) is 11.6 Å². The lowest BCUT2D eigenvalue weighted by molar-refractivity contribution is -0.149. The van der Waals surface area contributed by atoms with E-state index in [1.165, 1.54) is 17.6 Å². The Bertz CT molecular complexity index is 740. The topological polar surface area (TPSA) is 78.5 Å². The molecule has 0 aliphatic rings. The zero-order valence-corrected chi connectivity index (χ0v) is 12.2. The Kier molecular flexibility index (Phi) is 4.26. The third-order valence-electron chi connectivity index (χ3n) is 3.27. The van der Waals surface area contributed by atoms with Gasteiger partial charge in [0.2, 0.25) is 0 Å². The fourth-order valence-corrected chi connectivity index (χ4v) is 1.91. The Morgan fingerprint density at radius 3 is 2.71 bits per heavy atom. The molecular formula is C15H17NO5. The number of oxazole rings is 1. The van der Waals surface area contributed by atoms with E-state index in [0.29, 0.717) is 17.5 Å². The number of aromatic nitrogens is 1. The molecule has 2 rings (SSSR count). The number of Topliss-reactive ketones (excluding diaryl/α,β-unsaturated/α-hetero) is 1. The van der Waals surface area contributed by atoms with Crippen LogP contribution in [0.2, 0.25) is 0 Å². The maximum atomic E-state index is 11.8. The summed E-state index contributed by atoms with van der Waals surface area (Å²) in [7, 11) is 0. The van der Waals surface area contributed by atoms with Crippen LogP contribution in [0.25, 0.3) is 11.1 Å².